The highest BCUT2D eigenvalue weighted by molar-refractivity contribution is 9.10. The van der Waals surface area contributed by atoms with Gasteiger partial charge in [0.1, 0.15) is 0 Å². The van der Waals surface area contributed by atoms with Crippen LogP contribution in [0.25, 0.3) is 0 Å². The fourth-order valence-corrected chi connectivity index (χ4v) is 3.88. The Morgan fingerprint density at radius 1 is 1.14 bits per heavy atom. The first-order valence-electron chi connectivity index (χ1n) is 6.94. The van der Waals surface area contributed by atoms with E-state index in [1.165, 1.54) is 11.1 Å². The monoisotopic (exact) mass is 429 g/mol. The van der Waals surface area contributed by atoms with Gasteiger partial charge >= 0.3 is 0 Å². The minimum absolute atomic E-state index is 0.239. The second-order valence-corrected chi connectivity index (χ2v) is 7.25. The van der Waals surface area contributed by atoms with Gasteiger partial charge in [0.05, 0.1) is 0 Å². The third-order valence-corrected chi connectivity index (χ3v) is 4.95. The Morgan fingerprint density at radius 3 is 2.52 bits per heavy atom. The molecule has 1 N–H and O–H groups in total. The van der Waals surface area contributed by atoms with Crippen molar-refractivity contribution in [2.75, 3.05) is 6.54 Å². The molecule has 1 atom stereocenters. The van der Waals surface area contributed by atoms with E-state index in [4.69, 9.17) is 11.6 Å². The van der Waals surface area contributed by atoms with Gasteiger partial charge in [-0.25, -0.2) is 0 Å². The van der Waals surface area contributed by atoms with Crippen LogP contribution >= 0.6 is 43.5 Å². The second-order valence-electron chi connectivity index (χ2n) is 5.08. The molecule has 2 aromatic carbocycles. The molecule has 0 saturated heterocycles. The number of halogens is 3. The van der Waals surface area contributed by atoms with Crippen LogP contribution in [0.1, 0.15) is 29.7 Å². The number of hydrogen-bond donors (Lipinski definition) is 1. The van der Waals surface area contributed by atoms with Gasteiger partial charge in [-0.1, -0.05) is 68.6 Å². The van der Waals surface area contributed by atoms with E-state index < -0.39 is 0 Å². The van der Waals surface area contributed by atoms with Crippen molar-refractivity contribution >= 4 is 43.5 Å². The van der Waals surface area contributed by atoms with Gasteiger partial charge in [-0.05, 0) is 54.8 Å². The van der Waals surface area contributed by atoms with Crippen LogP contribution in [0.2, 0.25) is 5.02 Å². The van der Waals surface area contributed by atoms with Crippen LogP contribution in [-0.4, -0.2) is 6.54 Å². The number of hydrogen-bond acceptors (Lipinski definition) is 1. The average molecular weight is 432 g/mol. The maximum atomic E-state index is 6.36. The molecule has 0 fully saturated rings. The predicted octanol–water partition coefficient (Wildman–Crippen LogP) is 6.07. The van der Waals surface area contributed by atoms with Crippen LogP contribution in [0, 0.1) is 6.92 Å². The molecule has 112 valence electrons. The van der Waals surface area contributed by atoms with E-state index in [1.807, 2.05) is 12.1 Å². The highest BCUT2D eigenvalue weighted by Gasteiger charge is 2.16. The zero-order chi connectivity index (χ0) is 15.4. The number of benzene rings is 2. The van der Waals surface area contributed by atoms with Crippen LogP contribution < -0.4 is 5.32 Å². The topological polar surface area (TPSA) is 12.0 Å². The first kappa shape index (κ1) is 17.0. The Kier molecular flexibility index (Phi) is 6.30. The van der Waals surface area contributed by atoms with E-state index in [0.29, 0.717) is 0 Å². The van der Waals surface area contributed by atoms with Gasteiger partial charge in [0.2, 0.25) is 0 Å². The van der Waals surface area contributed by atoms with Crippen molar-refractivity contribution in [1.82, 2.24) is 5.32 Å². The minimum Gasteiger partial charge on any atom is -0.310 e. The van der Waals surface area contributed by atoms with Gasteiger partial charge in [-0.15, -0.1) is 0 Å². The molecule has 1 unspecified atom stereocenters. The number of likely N-dealkylation sites (N-methyl/N-ethyl adjacent to an activating group) is 1. The normalized spacial score (nSPS) is 12.4. The molecule has 2 aromatic rings. The van der Waals surface area contributed by atoms with Gasteiger partial charge in [0.25, 0.3) is 0 Å². The van der Waals surface area contributed by atoms with Crippen LogP contribution in [-0.2, 0) is 6.42 Å². The summed E-state index contributed by atoms with van der Waals surface area (Å²) in [5.74, 6) is 0. The Morgan fingerprint density at radius 2 is 1.90 bits per heavy atom. The molecule has 0 bridgehead atoms. The molecule has 0 spiro atoms. The largest absolute Gasteiger partial charge is 0.310 e. The van der Waals surface area contributed by atoms with Gasteiger partial charge in [0, 0.05) is 20.0 Å². The molecule has 0 heterocycles. The maximum absolute atomic E-state index is 6.36. The van der Waals surface area contributed by atoms with Crippen molar-refractivity contribution in [3.63, 3.8) is 0 Å². The molecule has 0 saturated carbocycles. The lowest BCUT2D eigenvalue weighted by Gasteiger charge is -2.21. The Hall–Kier alpha value is -0.350. The van der Waals surface area contributed by atoms with Crippen molar-refractivity contribution in [2.24, 2.45) is 0 Å². The van der Waals surface area contributed by atoms with Gasteiger partial charge in [0.15, 0.2) is 0 Å². The third-order valence-electron chi connectivity index (χ3n) is 3.42. The van der Waals surface area contributed by atoms with Crippen molar-refractivity contribution in [3.8, 4) is 0 Å². The lowest BCUT2D eigenvalue weighted by molar-refractivity contribution is 0.548. The summed E-state index contributed by atoms with van der Waals surface area (Å²) >= 11 is 13.5. The molecule has 21 heavy (non-hydrogen) atoms. The first-order valence-corrected chi connectivity index (χ1v) is 8.91. The van der Waals surface area contributed by atoms with Gasteiger partial charge in [-0.3, -0.25) is 0 Å². The van der Waals surface area contributed by atoms with Gasteiger partial charge in [-0.2, -0.15) is 0 Å². The molecular weight excluding hydrogens is 413 g/mol. The summed E-state index contributed by atoms with van der Waals surface area (Å²) in [5.41, 5.74) is 3.67. The molecule has 2 rings (SSSR count). The fourth-order valence-electron chi connectivity index (χ4n) is 2.36. The van der Waals surface area contributed by atoms with E-state index in [1.54, 1.807) is 0 Å². The van der Waals surface area contributed by atoms with Crippen LogP contribution in [0.4, 0.5) is 0 Å². The molecule has 0 aliphatic carbocycles. The van der Waals surface area contributed by atoms with E-state index in [2.05, 4.69) is 75.3 Å². The summed E-state index contributed by atoms with van der Waals surface area (Å²) in [6.45, 7) is 5.14. The molecule has 4 heteroatoms. The van der Waals surface area contributed by atoms with Crippen LogP contribution in [0.15, 0.2) is 45.3 Å². The highest BCUT2D eigenvalue weighted by atomic mass is 79.9. The number of aryl methyl sites for hydroxylation is 1. The lowest BCUT2D eigenvalue weighted by Crippen LogP contribution is -2.23. The van der Waals surface area contributed by atoms with E-state index >= 15 is 0 Å². The van der Waals surface area contributed by atoms with E-state index in [-0.39, 0.29) is 6.04 Å². The molecule has 1 nitrogen and oxygen atoms in total. The molecule has 0 aliphatic rings. The van der Waals surface area contributed by atoms with Crippen molar-refractivity contribution in [2.45, 2.75) is 26.3 Å². The zero-order valence-electron chi connectivity index (χ0n) is 12.1. The molecule has 0 radical (unpaired) electrons. The highest BCUT2D eigenvalue weighted by Crippen LogP contribution is 2.30. The summed E-state index contributed by atoms with van der Waals surface area (Å²) in [4.78, 5) is 0. The predicted molar refractivity (Wildman–Crippen MR) is 98.2 cm³/mol. The summed E-state index contributed by atoms with van der Waals surface area (Å²) in [7, 11) is 0. The fraction of sp³-hybridized carbons (Fsp3) is 0.294. The summed E-state index contributed by atoms with van der Waals surface area (Å²) in [6, 6.07) is 12.8. The number of nitrogens with one attached hydrogen (secondary N) is 1. The van der Waals surface area contributed by atoms with Crippen molar-refractivity contribution < 1.29 is 0 Å². The maximum Gasteiger partial charge on any atom is 0.0449 e. The minimum atomic E-state index is 0.239. The Balaban J connectivity index is 2.30. The molecule has 0 aliphatic heterocycles. The van der Waals surface area contributed by atoms with E-state index in [0.717, 1.165) is 32.5 Å². The standard InChI is InChI=1S/C17H18Br2ClN/c1-3-21-17(14-7-4-11(2)8-15(14)19)9-12-5-6-13(18)10-16(12)20/h4-8,10,17,21H,3,9H2,1-2H3. The third kappa shape index (κ3) is 4.56. The molecule has 0 amide bonds. The molecular formula is C17H18Br2ClN. The summed E-state index contributed by atoms with van der Waals surface area (Å²) in [5, 5.41) is 4.35. The summed E-state index contributed by atoms with van der Waals surface area (Å²) in [6.07, 6.45) is 0.863. The SMILES string of the molecule is CCNC(Cc1ccc(Br)cc1Cl)c1ccc(C)cc1Br. The van der Waals surface area contributed by atoms with Gasteiger partial charge < -0.3 is 5.32 Å². The zero-order valence-corrected chi connectivity index (χ0v) is 16.0. The lowest BCUT2D eigenvalue weighted by atomic mass is 9.98. The second kappa shape index (κ2) is 7.77. The molecule has 0 aromatic heterocycles. The Labute approximate surface area is 148 Å². The summed E-state index contributed by atoms with van der Waals surface area (Å²) < 4.78 is 2.15. The smallest absolute Gasteiger partial charge is 0.0449 e. The first-order chi connectivity index (χ1) is 10.0. The van der Waals surface area contributed by atoms with E-state index in [9.17, 15) is 0 Å². The van der Waals surface area contributed by atoms with Crippen molar-refractivity contribution in [1.29, 1.82) is 0 Å². The van der Waals surface area contributed by atoms with Crippen molar-refractivity contribution in [3.05, 3.63) is 67.1 Å². The van der Waals surface area contributed by atoms with Crippen LogP contribution in [0.3, 0.4) is 0 Å². The van der Waals surface area contributed by atoms with Crippen LogP contribution in [0.5, 0.6) is 0 Å². The average Bonchev–Trinajstić information content (AvgIpc) is 2.41. The Bertz CT molecular complexity index is 628. The number of rotatable bonds is 5. The quantitative estimate of drug-likeness (QED) is 0.606.